The lowest BCUT2D eigenvalue weighted by Gasteiger charge is -2.10. The van der Waals surface area contributed by atoms with Gasteiger partial charge in [0.25, 0.3) is 11.5 Å². The maximum Gasteiger partial charge on any atom is 0.270 e. The molecule has 12 heteroatoms. The van der Waals surface area contributed by atoms with Gasteiger partial charge in [0.05, 0.1) is 10.7 Å². The second-order valence-electron chi connectivity index (χ2n) is 7.73. The second-order valence-corrected chi connectivity index (χ2v) is 10.4. The van der Waals surface area contributed by atoms with Crippen LogP contribution < -0.4 is 16.2 Å². The van der Waals surface area contributed by atoms with E-state index >= 15 is 0 Å². The molecule has 7 nitrogen and oxygen atoms in total. The third-order valence-corrected chi connectivity index (χ3v) is 7.06. The minimum atomic E-state index is -0.568. The molecule has 4 rings (SSSR count). The molecule has 4 aromatic rings. The van der Waals surface area contributed by atoms with Gasteiger partial charge in [0.1, 0.15) is 11.6 Å². The Morgan fingerprint density at radius 2 is 1.71 bits per heavy atom. The third-order valence-electron chi connectivity index (χ3n) is 5.12. The van der Waals surface area contributed by atoms with Crippen molar-refractivity contribution < 1.29 is 4.79 Å². The standard InChI is InChI=1S/C26H16Cl3N5O2S2/c27-16-5-8-18(9-6-16)31-25(37)33-23(35)15-3-1-14(2-4-15)13-38-26-32-22(20(12-30)24(36)34-26)19-10-7-17(28)11-21(19)29/h1-11H,13H2,(H,32,34,36)(H2,31,33,35,37). The molecule has 190 valence electrons. The van der Waals surface area contributed by atoms with E-state index in [0.29, 0.717) is 37.8 Å². The van der Waals surface area contributed by atoms with Crippen molar-refractivity contribution >= 4 is 75.5 Å². The summed E-state index contributed by atoms with van der Waals surface area (Å²) in [5, 5.41) is 16.8. The summed E-state index contributed by atoms with van der Waals surface area (Å²) in [5.41, 5.74) is 1.90. The van der Waals surface area contributed by atoms with E-state index in [9.17, 15) is 14.9 Å². The number of H-pyrrole nitrogens is 1. The maximum absolute atomic E-state index is 12.5. The molecule has 0 radical (unpaired) electrons. The highest BCUT2D eigenvalue weighted by Crippen LogP contribution is 2.31. The zero-order chi connectivity index (χ0) is 27.2. The summed E-state index contributed by atoms with van der Waals surface area (Å²) >= 11 is 24.6. The number of aromatic amines is 1. The number of rotatable bonds is 6. The number of anilines is 1. The second kappa shape index (κ2) is 12.4. The molecule has 1 heterocycles. The van der Waals surface area contributed by atoms with Crippen molar-refractivity contribution in [2.24, 2.45) is 0 Å². The van der Waals surface area contributed by atoms with E-state index in [-0.39, 0.29) is 27.3 Å². The smallest absolute Gasteiger partial charge is 0.270 e. The maximum atomic E-state index is 12.5. The van der Waals surface area contributed by atoms with E-state index in [2.05, 4.69) is 20.6 Å². The van der Waals surface area contributed by atoms with Crippen LogP contribution in [-0.4, -0.2) is 21.0 Å². The van der Waals surface area contributed by atoms with E-state index in [0.717, 1.165) is 5.56 Å². The molecule has 0 unspecified atom stereocenters. The number of hydrogen-bond donors (Lipinski definition) is 3. The van der Waals surface area contributed by atoms with Gasteiger partial charge < -0.3 is 10.3 Å². The highest BCUT2D eigenvalue weighted by atomic mass is 35.5. The molecule has 0 aliphatic carbocycles. The Balaban J connectivity index is 1.42. The number of thiocarbonyl (C=S) groups is 1. The van der Waals surface area contributed by atoms with E-state index < -0.39 is 5.56 Å². The first-order valence-corrected chi connectivity index (χ1v) is 13.4. The van der Waals surface area contributed by atoms with Crippen molar-refractivity contribution in [2.75, 3.05) is 5.32 Å². The Labute approximate surface area is 242 Å². The van der Waals surface area contributed by atoms with Crippen LogP contribution in [0.4, 0.5) is 5.69 Å². The van der Waals surface area contributed by atoms with E-state index in [1.54, 1.807) is 60.7 Å². The summed E-state index contributed by atoms with van der Waals surface area (Å²) in [6.07, 6.45) is 0. The normalized spacial score (nSPS) is 10.5. The van der Waals surface area contributed by atoms with Crippen LogP contribution >= 0.6 is 58.8 Å². The molecular formula is C26H16Cl3N5O2S2. The number of nitrogens with zero attached hydrogens (tertiary/aromatic N) is 2. The van der Waals surface area contributed by atoms with Gasteiger partial charge in [-0.25, -0.2) is 4.98 Å². The van der Waals surface area contributed by atoms with Crippen molar-refractivity contribution in [3.8, 4) is 17.3 Å². The monoisotopic (exact) mass is 599 g/mol. The van der Waals surface area contributed by atoms with Crippen LogP contribution in [0.15, 0.2) is 76.7 Å². The summed E-state index contributed by atoms with van der Waals surface area (Å²) in [6.45, 7) is 0. The summed E-state index contributed by atoms with van der Waals surface area (Å²) in [6, 6.07) is 20.5. The molecule has 1 amide bonds. The highest BCUT2D eigenvalue weighted by molar-refractivity contribution is 7.98. The molecule has 0 saturated carbocycles. The Bertz CT molecular complexity index is 1620. The number of halogens is 3. The number of carbonyl (C=O) groups excluding carboxylic acids is 1. The Morgan fingerprint density at radius 1 is 1.03 bits per heavy atom. The van der Waals surface area contributed by atoms with Gasteiger partial charge in [-0.05, 0) is 72.4 Å². The summed E-state index contributed by atoms with van der Waals surface area (Å²) < 4.78 is 0. The molecule has 0 spiro atoms. The predicted molar refractivity (Wildman–Crippen MR) is 156 cm³/mol. The molecule has 3 aromatic carbocycles. The number of hydrogen-bond acceptors (Lipinski definition) is 6. The molecular weight excluding hydrogens is 585 g/mol. The number of aromatic nitrogens is 2. The van der Waals surface area contributed by atoms with E-state index in [4.69, 9.17) is 47.0 Å². The largest absolute Gasteiger partial charge is 0.332 e. The Morgan fingerprint density at radius 3 is 2.37 bits per heavy atom. The van der Waals surface area contributed by atoms with Gasteiger partial charge in [-0.15, -0.1) is 0 Å². The van der Waals surface area contributed by atoms with Crippen LogP contribution in [0.2, 0.25) is 15.1 Å². The van der Waals surface area contributed by atoms with E-state index in [1.165, 1.54) is 17.8 Å². The van der Waals surface area contributed by atoms with Crippen molar-refractivity contribution in [3.05, 3.63) is 109 Å². The van der Waals surface area contributed by atoms with Crippen LogP contribution in [0.5, 0.6) is 0 Å². The minimum absolute atomic E-state index is 0.141. The summed E-state index contributed by atoms with van der Waals surface area (Å²) in [5.74, 6) is 0.0828. The Hall–Kier alpha value is -3.39. The molecule has 0 aliphatic heterocycles. The lowest BCUT2D eigenvalue weighted by Crippen LogP contribution is -2.34. The third kappa shape index (κ3) is 6.92. The first-order valence-electron chi connectivity index (χ1n) is 10.8. The van der Waals surface area contributed by atoms with Gasteiger partial charge in [0, 0.05) is 32.6 Å². The fourth-order valence-electron chi connectivity index (χ4n) is 3.28. The number of thioether (sulfide) groups is 1. The van der Waals surface area contributed by atoms with Gasteiger partial charge >= 0.3 is 0 Å². The van der Waals surface area contributed by atoms with Gasteiger partial charge in [0.2, 0.25) is 0 Å². The number of carbonyl (C=O) groups is 1. The Kier molecular flexibility index (Phi) is 9.05. The van der Waals surface area contributed by atoms with Crippen LogP contribution in [0.3, 0.4) is 0 Å². The van der Waals surface area contributed by atoms with Crippen molar-refractivity contribution in [1.82, 2.24) is 15.3 Å². The highest BCUT2D eigenvalue weighted by Gasteiger charge is 2.17. The van der Waals surface area contributed by atoms with Crippen LogP contribution in [0.1, 0.15) is 21.5 Å². The summed E-state index contributed by atoms with van der Waals surface area (Å²) in [7, 11) is 0. The van der Waals surface area contributed by atoms with Crippen LogP contribution in [0.25, 0.3) is 11.3 Å². The van der Waals surface area contributed by atoms with Gasteiger partial charge in [0.15, 0.2) is 10.3 Å². The lowest BCUT2D eigenvalue weighted by molar-refractivity contribution is 0.0977. The average Bonchev–Trinajstić information content (AvgIpc) is 2.89. The molecule has 1 aromatic heterocycles. The molecule has 0 aliphatic rings. The first kappa shape index (κ1) is 27.6. The molecule has 38 heavy (non-hydrogen) atoms. The van der Waals surface area contributed by atoms with Gasteiger partial charge in [-0.2, -0.15) is 5.26 Å². The zero-order valence-electron chi connectivity index (χ0n) is 19.2. The molecule has 0 bridgehead atoms. The molecule has 0 fully saturated rings. The topological polar surface area (TPSA) is 111 Å². The zero-order valence-corrected chi connectivity index (χ0v) is 23.1. The summed E-state index contributed by atoms with van der Waals surface area (Å²) in [4.78, 5) is 32.2. The SMILES string of the molecule is N#Cc1c(-c2ccc(Cl)cc2Cl)nc(SCc2ccc(C(=O)NC(=S)Nc3ccc(Cl)cc3)cc2)[nH]c1=O. The number of nitriles is 1. The lowest BCUT2D eigenvalue weighted by atomic mass is 10.1. The average molecular weight is 601 g/mol. The van der Waals surface area contributed by atoms with Gasteiger partial charge in [-0.1, -0.05) is 58.7 Å². The quantitative estimate of drug-likeness (QED) is 0.128. The molecule has 0 saturated heterocycles. The van der Waals surface area contributed by atoms with Crippen LogP contribution in [-0.2, 0) is 5.75 Å². The van der Waals surface area contributed by atoms with Crippen LogP contribution in [0, 0.1) is 11.3 Å². The van der Waals surface area contributed by atoms with E-state index in [1.807, 2.05) is 6.07 Å². The van der Waals surface area contributed by atoms with Crippen molar-refractivity contribution in [1.29, 1.82) is 5.26 Å². The van der Waals surface area contributed by atoms with Crippen molar-refractivity contribution in [3.63, 3.8) is 0 Å². The fourth-order valence-corrected chi connectivity index (χ4v) is 4.93. The molecule has 3 N–H and O–H groups in total. The van der Waals surface area contributed by atoms with Gasteiger partial charge in [-0.3, -0.25) is 14.9 Å². The number of nitrogens with one attached hydrogen (secondary N) is 3. The number of benzene rings is 3. The van der Waals surface area contributed by atoms with Crippen molar-refractivity contribution in [2.45, 2.75) is 10.9 Å². The first-order chi connectivity index (χ1) is 18.2. The predicted octanol–water partition coefficient (Wildman–Crippen LogP) is 6.69. The minimum Gasteiger partial charge on any atom is -0.332 e. The molecule has 0 atom stereocenters. The fraction of sp³-hybridized carbons (Fsp3) is 0.0385. The number of amides is 1.